The van der Waals surface area contributed by atoms with E-state index in [1.807, 2.05) is 0 Å². The summed E-state index contributed by atoms with van der Waals surface area (Å²) < 4.78 is 0. The van der Waals surface area contributed by atoms with Crippen LogP contribution < -0.4 is 0 Å². The lowest BCUT2D eigenvalue weighted by molar-refractivity contribution is 0.968. The molecule has 0 unspecified atom stereocenters. The summed E-state index contributed by atoms with van der Waals surface area (Å²) in [7, 11) is -2.32. The summed E-state index contributed by atoms with van der Waals surface area (Å²) in [5, 5.41) is 0. The first-order chi connectivity index (χ1) is 5.71. The predicted octanol–water partition coefficient (Wildman–Crippen LogP) is 3.79. The van der Waals surface area contributed by atoms with Gasteiger partial charge < -0.3 is 9.96 Å². The topological polar surface area (TPSA) is 28.2 Å². The Labute approximate surface area is 85.7 Å². The third-order valence-corrected chi connectivity index (χ3v) is 3.83. The minimum atomic E-state index is -1.16. The average molecular weight is 216 g/mol. The van der Waals surface area contributed by atoms with Crippen molar-refractivity contribution in [1.82, 2.24) is 0 Å². The molecule has 0 radical (unpaired) electrons. The quantitative estimate of drug-likeness (QED) is 0.477. The Morgan fingerprint density at radius 3 is 1.23 bits per heavy atom. The molecule has 0 heterocycles. The van der Waals surface area contributed by atoms with Crippen LogP contribution in [0.25, 0.3) is 9.96 Å². The van der Waals surface area contributed by atoms with Crippen LogP contribution in [0.4, 0.5) is 0 Å². The van der Waals surface area contributed by atoms with Gasteiger partial charge in [0.25, 0.3) is 0 Å². The fourth-order valence-electron chi connectivity index (χ4n) is 0.900. The second kappa shape index (κ2) is 5.29. The Morgan fingerprint density at radius 2 is 1.00 bits per heavy atom. The Bertz CT molecular complexity index is 120. The van der Waals surface area contributed by atoms with Crippen LogP contribution in [0.1, 0.15) is 6.42 Å². The monoisotopic (exact) mass is 216 g/mol. The highest BCUT2D eigenvalue weighted by atomic mass is 28.3. The van der Waals surface area contributed by atoms with Gasteiger partial charge in [-0.2, -0.15) is 13.1 Å². The van der Waals surface area contributed by atoms with Crippen LogP contribution in [0.2, 0.25) is 39.3 Å². The van der Waals surface area contributed by atoms with Crippen LogP contribution in [0, 0.1) is 0 Å². The molecule has 0 aromatic heterocycles. The molecule has 0 bridgehead atoms. The zero-order chi connectivity index (χ0) is 10.5. The third kappa shape index (κ3) is 12.4. The Kier molecular flexibility index (Phi) is 5.43. The fourth-order valence-corrected chi connectivity index (χ4v) is 2.56. The van der Waals surface area contributed by atoms with Crippen molar-refractivity contribution in [2.75, 3.05) is 13.1 Å². The average Bonchev–Trinajstić information content (AvgIpc) is 1.81. The van der Waals surface area contributed by atoms with E-state index in [-0.39, 0.29) is 0 Å². The van der Waals surface area contributed by atoms with Crippen molar-refractivity contribution in [2.45, 2.75) is 45.7 Å². The van der Waals surface area contributed by atoms with Gasteiger partial charge in [-0.25, -0.2) is 0 Å². The molecule has 0 saturated heterocycles. The summed E-state index contributed by atoms with van der Waals surface area (Å²) in [4.78, 5) is 9.34. The first kappa shape index (κ1) is 13.4. The summed E-state index contributed by atoms with van der Waals surface area (Å²) in [5.41, 5.74) is 0. The first-order valence-corrected chi connectivity index (χ1v) is 12.0. The van der Waals surface area contributed by atoms with Gasteiger partial charge >= 0.3 is 0 Å². The van der Waals surface area contributed by atoms with Gasteiger partial charge in [-0.15, -0.1) is 0 Å². The molecule has 0 rings (SSSR count). The minimum absolute atomic E-state index is 1.02. The SMILES string of the molecule is C[Si](C)(C)[N-]CCC[N-][Si](C)(C)C. The molecular formula is C9H24N2Si2-2. The van der Waals surface area contributed by atoms with Gasteiger partial charge in [0.1, 0.15) is 0 Å². The number of nitrogens with zero attached hydrogens (tertiary/aromatic N) is 2. The molecule has 0 aliphatic rings. The Morgan fingerprint density at radius 1 is 0.692 bits per heavy atom. The lowest BCUT2D eigenvalue weighted by Crippen LogP contribution is -2.22. The van der Waals surface area contributed by atoms with E-state index in [9.17, 15) is 0 Å². The third-order valence-electron chi connectivity index (χ3n) is 1.49. The number of hydrogen-bond acceptors (Lipinski definition) is 0. The van der Waals surface area contributed by atoms with Crippen molar-refractivity contribution >= 4 is 16.5 Å². The maximum atomic E-state index is 4.67. The molecular weight excluding hydrogens is 192 g/mol. The maximum absolute atomic E-state index is 4.67. The van der Waals surface area contributed by atoms with Crippen LogP contribution in [-0.2, 0) is 0 Å². The zero-order valence-corrected chi connectivity index (χ0v) is 12.0. The highest BCUT2D eigenvalue weighted by Crippen LogP contribution is 2.13. The highest BCUT2D eigenvalue weighted by molar-refractivity contribution is 6.81. The largest absolute Gasteiger partial charge is 0.665 e. The van der Waals surface area contributed by atoms with Crippen LogP contribution in [0.15, 0.2) is 0 Å². The van der Waals surface area contributed by atoms with E-state index in [4.69, 9.17) is 0 Å². The standard InChI is InChI=1S/C9H24N2Si2/c1-12(2,3)10-8-7-9-11-13(4,5)6/h7-9H2,1-6H3/q-2. The van der Waals surface area contributed by atoms with Gasteiger partial charge in [-0.1, -0.05) is 62.2 Å². The molecule has 0 aliphatic heterocycles. The molecule has 80 valence electrons. The summed E-state index contributed by atoms with van der Waals surface area (Å²) in [6.45, 7) is 15.7. The normalized spacial score (nSPS) is 13.4. The van der Waals surface area contributed by atoms with Gasteiger partial charge in [0.05, 0.1) is 0 Å². The summed E-state index contributed by atoms with van der Waals surface area (Å²) in [6.07, 6.45) is 1.15. The molecule has 13 heavy (non-hydrogen) atoms. The second-order valence-electron chi connectivity index (χ2n) is 5.46. The molecule has 0 fully saturated rings. The smallest absolute Gasteiger partial charge is 0.0679 e. The molecule has 0 aromatic rings. The number of hydrogen-bond donors (Lipinski definition) is 0. The van der Waals surface area contributed by atoms with Crippen molar-refractivity contribution in [3.8, 4) is 0 Å². The van der Waals surface area contributed by atoms with Crippen molar-refractivity contribution in [1.29, 1.82) is 0 Å². The maximum Gasteiger partial charge on any atom is -0.0679 e. The van der Waals surface area contributed by atoms with Gasteiger partial charge in [0, 0.05) is 0 Å². The van der Waals surface area contributed by atoms with E-state index in [1.165, 1.54) is 0 Å². The summed E-state index contributed by atoms with van der Waals surface area (Å²) in [6, 6.07) is 0. The lowest BCUT2D eigenvalue weighted by Gasteiger charge is -2.38. The van der Waals surface area contributed by atoms with Crippen LogP contribution in [-0.4, -0.2) is 29.6 Å². The fraction of sp³-hybridized carbons (Fsp3) is 1.00. The van der Waals surface area contributed by atoms with E-state index in [1.54, 1.807) is 0 Å². The first-order valence-electron chi connectivity index (χ1n) is 5.08. The molecule has 0 spiro atoms. The van der Waals surface area contributed by atoms with E-state index in [0.29, 0.717) is 0 Å². The van der Waals surface area contributed by atoms with E-state index in [2.05, 4.69) is 49.2 Å². The van der Waals surface area contributed by atoms with E-state index >= 15 is 0 Å². The summed E-state index contributed by atoms with van der Waals surface area (Å²) in [5.74, 6) is 0. The Hall–Kier alpha value is 0.354. The second-order valence-corrected chi connectivity index (χ2v) is 14.8. The molecule has 0 saturated carbocycles. The molecule has 0 aliphatic carbocycles. The molecule has 2 nitrogen and oxygen atoms in total. The van der Waals surface area contributed by atoms with Gasteiger partial charge in [-0.05, 0) is 0 Å². The molecule has 4 heteroatoms. The molecule has 0 aromatic carbocycles. The molecule has 0 amide bonds. The van der Waals surface area contributed by atoms with Crippen LogP contribution >= 0.6 is 0 Å². The van der Waals surface area contributed by atoms with Gasteiger partial charge in [0.15, 0.2) is 0 Å². The van der Waals surface area contributed by atoms with E-state index < -0.39 is 16.5 Å². The van der Waals surface area contributed by atoms with Gasteiger partial charge in [-0.3, -0.25) is 0 Å². The van der Waals surface area contributed by atoms with Crippen molar-refractivity contribution < 1.29 is 0 Å². The predicted molar refractivity (Wildman–Crippen MR) is 67.8 cm³/mol. The van der Waals surface area contributed by atoms with E-state index in [0.717, 1.165) is 19.5 Å². The highest BCUT2D eigenvalue weighted by Gasteiger charge is 1.97. The molecule has 0 N–H and O–H groups in total. The van der Waals surface area contributed by atoms with Crippen molar-refractivity contribution in [3.05, 3.63) is 9.96 Å². The zero-order valence-electron chi connectivity index (χ0n) is 10.0. The summed E-state index contributed by atoms with van der Waals surface area (Å²) >= 11 is 0. The Balaban J connectivity index is 3.28. The lowest BCUT2D eigenvalue weighted by atomic mass is 10.4. The minimum Gasteiger partial charge on any atom is -0.665 e. The molecule has 0 atom stereocenters. The van der Waals surface area contributed by atoms with Crippen LogP contribution in [0.3, 0.4) is 0 Å². The van der Waals surface area contributed by atoms with Crippen molar-refractivity contribution in [2.24, 2.45) is 0 Å². The van der Waals surface area contributed by atoms with Gasteiger partial charge in [0.2, 0.25) is 0 Å². The van der Waals surface area contributed by atoms with Crippen LogP contribution in [0.5, 0.6) is 0 Å². The van der Waals surface area contributed by atoms with Crippen molar-refractivity contribution in [3.63, 3.8) is 0 Å². The number of rotatable bonds is 6.